The minimum atomic E-state index is -4.44. The number of halogens is 3. The van der Waals surface area contributed by atoms with Crippen molar-refractivity contribution >= 4 is 28.8 Å². The average Bonchev–Trinajstić information content (AvgIpc) is 3.09. The molecule has 26 heavy (non-hydrogen) atoms. The number of aliphatic imine (C=N–C) groups is 1. The third-order valence-corrected chi connectivity index (χ3v) is 4.33. The summed E-state index contributed by atoms with van der Waals surface area (Å²) >= 11 is 4.52. The molecule has 136 valence electrons. The van der Waals surface area contributed by atoms with Crippen LogP contribution in [-0.4, -0.2) is 24.4 Å². The van der Waals surface area contributed by atoms with Crippen LogP contribution in [0.2, 0.25) is 0 Å². The molecule has 0 amide bonds. The lowest BCUT2D eigenvalue weighted by molar-refractivity contribution is -0.137. The highest BCUT2D eigenvalue weighted by molar-refractivity contribution is 7.78. The number of isothiocyanates is 1. The zero-order chi connectivity index (χ0) is 18.6. The number of anilines is 1. The summed E-state index contributed by atoms with van der Waals surface area (Å²) in [5, 5.41) is 2.13. The second kappa shape index (κ2) is 7.99. The molecular weight excluding hydrogens is 361 g/mol. The predicted molar refractivity (Wildman–Crippen MR) is 98.0 cm³/mol. The van der Waals surface area contributed by atoms with Gasteiger partial charge in [0.25, 0.3) is 0 Å². The van der Waals surface area contributed by atoms with E-state index in [1.807, 2.05) is 35.2 Å². The number of ether oxygens (including phenoxy) is 1. The Balaban J connectivity index is 1.71. The molecule has 0 aliphatic carbocycles. The molecule has 0 bridgehead atoms. The Kier molecular flexibility index (Phi) is 5.71. The molecule has 3 nitrogen and oxygen atoms in total. The van der Waals surface area contributed by atoms with Crippen molar-refractivity contribution in [2.75, 3.05) is 18.0 Å². The molecule has 7 heteroatoms. The lowest BCUT2D eigenvalue weighted by Gasteiger charge is -2.21. The van der Waals surface area contributed by atoms with Crippen LogP contribution in [0.4, 0.5) is 24.5 Å². The second-order valence-electron chi connectivity index (χ2n) is 6.09. The van der Waals surface area contributed by atoms with Crippen molar-refractivity contribution in [3.63, 3.8) is 0 Å². The summed E-state index contributed by atoms with van der Waals surface area (Å²) in [5.74, 6) is 0. The number of nitrogens with zero attached hydrogens (tertiary/aromatic N) is 2. The van der Waals surface area contributed by atoms with Gasteiger partial charge in [0.2, 0.25) is 0 Å². The fraction of sp³-hybridized carbons (Fsp3) is 0.316. The van der Waals surface area contributed by atoms with Gasteiger partial charge < -0.3 is 9.64 Å². The number of thiocarbonyl (C=S) groups is 1. The monoisotopic (exact) mass is 378 g/mol. The minimum Gasteiger partial charge on any atom is -0.372 e. The maximum atomic E-state index is 13.1. The van der Waals surface area contributed by atoms with Crippen molar-refractivity contribution in [2.24, 2.45) is 4.99 Å². The summed E-state index contributed by atoms with van der Waals surface area (Å²) in [6.45, 7) is 1.65. The number of hydrogen-bond donors (Lipinski definition) is 0. The quantitative estimate of drug-likeness (QED) is 0.526. The molecule has 1 atom stereocenters. The van der Waals surface area contributed by atoms with E-state index < -0.39 is 11.7 Å². The van der Waals surface area contributed by atoms with Crippen LogP contribution in [-0.2, 0) is 17.5 Å². The Morgan fingerprint density at radius 3 is 2.65 bits per heavy atom. The van der Waals surface area contributed by atoms with Gasteiger partial charge in [-0.15, -0.1) is 0 Å². The van der Waals surface area contributed by atoms with Crippen molar-refractivity contribution < 1.29 is 17.9 Å². The van der Waals surface area contributed by atoms with Gasteiger partial charge in [-0.1, -0.05) is 30.3 Å². The van der Waals surface area contributed by atoms with Gasteiger partial charge in [0.15, 0.2) is 0 Å². The Morgan fingerprint density at radius 1 is 1.19 bits per heavy atom. The molecule has 1 aliphatic heterocycles. The van der Waals surface area contributed by atoms with Crippen LogP contribution in [0.1, 0.15) is 17.5 Å². The van der Waals surface area contributed by atoms with E-state index in [9.17, 15) is 13.2 Å². The van der Waals surface area contributed by atoms with Crippen molar-refractivity contribution in [2.45, 2.75) is 25.3 Å². The molecule has 1 fully saturated rings. The molecule has 0 N–H and O–H groups in total. The number of benzene rings is 2. The van der Waals surface area contributed by atoms with Gasteiger partial charge in [-0.25, -0.2) is 0 Å². The largest absolute Gasteiger partial charge is 0.416 e. The molecule has 0 aromatic heterocycles. The third-order valence-electron chi connectivity index (χ3n) is 4.24. The minimum absolute atomic E-state index is 0.0257. The normalized spacial score (nSPS) is 17.2. The van der Waals surface area contributed by atoms with Crippen molar-refractivity contribution in [1.82, 2.24) is 0 Å². The molecule has 3 rings (SSSR count). The number of hydrogen-bond acceptors (Lipinski definition) is 4. The summed E-state index contributed by atoms with van der Waals surface area (Å²) in [4.78, 5) is 5.60. The lowest BCUT2D eigenvalue weighted by atomic mass is 10.1. The topological polar surface area (TPSA) is 24.8 Å². The second-order valence-corrected chi connectivity index (χ2v) is 6.27. The fourth-order valence-electron chi connectivity index (χ4n) is 2.95. The Labute approximate surface area is 155 Å². The smallest absolute Gasteiger partial charge is 0.372 e. The van der Waals surface area contributed by atoms with Gasteiger partial charge in [-0.3, -0.25) is 0 Å². The number of rotatable bonds is 5. The number of alkyl halides is 3. The van der Waals surface area contributed by atoms with Gasteiger partial charge in [-0.05, 0) is 42.4 Å². The van der Waals surface area contributed by atoms with Crippen LogP contribution in [0.25, 0.3) is 0 Å². The third kappa shape index (κ3) is 4.69. The summed E-state index contributed by atoms with van der Waals surface area (Å²) < 4.78 is 45.3. The molecule has 0 spiro atoms. The Morgan fingerprint density at radius 2 is 1.96 bits per heavy atom. The van der Waals surface area contributed by atoms with Crippen LogP contribution in [0, 0.1) is 0 Å². The zero-order valence-electron chi connectivity index (χ0n) is 13.9. The first kappa shape index (κ1) is 18.6. The summed E-state index contributed by atoms with van der Waals surface area (Å²) in [6, 6.07) is 13.5. The molecule has 1 aliphatic rings. The van der Waals surface area contributed by atoms with E-state index in [-0.39, 0.29) is 11.8 Å². The van der Waals surface area contributed by atoms with Crippen LogP contribution >= 0.6 is 12.2 Å². The standard InChI is InChI=1S/C19H17F3N2OS/c20-19(21,22)15-8-16(23-13-26)10-17(9-15)24-7-6-18(11-24)25-12-14-4-2-1-3-5-14/h1-5,8-10,18H,6-7,11-12H2. The highest BCUT2D eigenvalue weighted by atomic mass is 32.1. The Bertz CT molecular complexity index is 804. The van der Waals surface area contributed by atoms with E-state index in [1.165, 1.54) is 0 Å². The van der Waals surface area contributed by atoms with E-state index in [2.05, 4.69) is 22.4 Å². The first-order valence-electron chi connectivity index (χ1n) is 8.16. The molecule has 0 saturated carbocycles. The first-order valence-corrected chi connectivity index (χ1v) is 8.57. The summed E-state index contributed by atoms with van der Waals surface area (Å²) in [6.07, 6.45) is -3.71. The zero-order valence-corrected chi connectivity index (χ0v) is 14.7. The van der Waals surface area contributed by atoms with E-state index in [0.29, 0.717) is 25.4 Å². The van der Waals surface area contributed by atoms with E-state index in [0.717, 1.165) is 24.1 Å². The summed E-state index contributed by atoms with van der Waals surface area (Å²) in [5.41, 5.74) is 0.948. The summed E-state index contributed by atoms with van der Waals surface area (Å²) in [7, 11) is 0. The molecule has 0 radical (unpaired) electrons. The molecule has 1 heterocycles. The van der Waals surface area contributed by atoms with E-state index in [1.54, 1.807) is 6.07 Å². The van der Waals surface area contributed by atoms with Gasteiger partial charge in [0.05, 0.1) is 29.1 Å². The maximum absolute atomic E-state index is 13.1. The molecule has 1 unspecified atom stereocenters. The van der Waals surface area contributed by atoms with Gasteiger partial charge in [0, 0.05) is 18.8 Å². The average molecular weight is 378 g/mol. The maximum Gasteiger partial charge on any atom is 0.416 e. The van der Waals surface area contributed by atoms with Crippen LogP contribution < -0.4 is 4.90 Å². The van der Waals surface area contributed by atoms with Crippen molar-refractivity contribution in [3.05, 3.63) is 59.7 Å². The predicted octanol–water partition coefficient (Wildman–Crippen LogP) is 5.24. The van der Waals surface area contributed by atoms with Crippen molar-refractivity contribution in [1.29, 1.82) is 0 Å². The SMILES string of the molecule is FC(F)(F)c1cc(N=C=S)cc(N2CCC(OCc3ccccc3)C2)c1. The molecule has 2 aromatic carbocycles. The van der Waals surface area contributed by atoms with Gasteiger partial charge in [-0.2, -0.15) is 18.2 Å². The highest BCUT2D eigenvalue weighted by Crippen LogP contribution is 2.36. The Hall–Kier alpha value is -2.21. The van der Waals surface area contributed by atoms with Crippen molar-refractivity contribution in [3.8, 4) is 0 Å². The first-order chi connectivity index (χ1) is 12.5. The lowest BCUT2D eigenvalue weighted by Crippen LogP contribution is -2.23. The van der Waals surface area contributed by atoms with E-state index in [4.69, 9.17) is 4.74 Å². The fourth-order valence-corrected chi connectivity index (χ4v) is 3.05. The van der Waals surface area contributed by atoms with Gasteiger partial charge in [0.1, 0.15) is 0 Å². The molecule has 2 aromatic rings. The van der Waals surface area contributed by atoms with E-state index >= 15 is 0 Å². The van der Waals surface area contributed by atoms with Crippen LogP contribution in [0.15, 0.2) is 53.5 Å². The van der Waals surface area contributed by atoms with Crippen LogP contribution in [0.3, 0.4) is 0 Å². The highest BCUT2D eigenvalue weighted by Gasteiger charge is 2.32. The van der Waals surface area contributed by atoms with Crippen LogP contribution in [0.5, 0.6) is 0 Å². The molecule has 1 saturated heterocycles. The molecular formula is C19H17F3N2OS. The van der Waals surface area contributed by atoms with Gasteiger partial charge >= 0.3 is 6.18 Å².